The number of aliphatic carboxylic acids is 1. The number of anilines is 1. The molecule has 0 aliphatic carbocycles. The minimum absolute atomic E-state index is 0.269. The Hall–Kier alpha value is -1.79. The van der Waals surface area contributed by atoms with E-state index in [2.05, 4.69) is 0 Å². The Bertz CT molecular complexity index is 655. The Labute approximate surface area is 124 Å². The highest BCUT2D eigenvalue weighted by molar-refractivity contribution is 7.17. The second-order valence-electron chi connectivity index (χ2n) is 3.99. The molecule has 5 nitrogen and oxygen atoms in total. The minimum atomic E-state index is -1.09. The molecule has 0 fully saturated rings. The first kappa shape index (κ1) is 14.6. The molecule has 0 aliphatic rings. The number of carboxylic acid groups (broad SMARTS) is 1. The number of methoxy groups -OCH3 is 1. The maximum Gasteiger partial charge on any atom is 0.323 e. The fourth-order valence-corrected chi connectivity index (χ4v) is 2.92. The van der Waals surface area contributed by atoms with Gasteiger partial charge in [0.25, 0.3) is 0 Å². The van der Waals surface area contributed by atoms with Crippen molar-refractivity contribution in [2.24, 2.45) is 0 Å². The van der Waals surface area contributed by atoms with Crippen LogP contribution in [0.25, 0.3) is 10.1 Å². The Morgan fingerprint density at radius 1 is 1.45 bits per heavy atom. The summed E-state index contributed by atoms with van der Waals surface area (Å²) in [6, 6.07) is 5.46. The fraction of sp³-hybridized carbons (Fsp3) is 0.231. The first-order valence-corrected chi connectivity index (χ1v) is 7.11. The SMILES string of the molecule is COc1ccc2scc(N(CC(=O)O)C(=O)CCl)c2c1. The molecular formula is C13H12ClNO4S. The van der Waals surface area contributed by atoms with Crippen LogP contribution in [0.5, 0.6) is 5.75 Å². The van der Waals surface area contributed by atoms with Gasteiger partial charge in [0.15, 0.2) is 0 Å². The summed E-state index contributed by atoms with van der Waals surface area (Å²) < 4.78 is 6.10. The van der Waals surface area contributed by atoms with Crippen LogP contribution in [0.4, 0.5) is 5.69 Å². The average Bonchev–Trinajstić information content (AvgIpc) is 2.86. The maximum absolute atomic E-state index is 11.8. The van der Waals surface area contributed by atoms with Crippen molar-refractivity contribution in [3.8, 4) is 5.75 Å². The molecule has 0 saturated carbocycles. The molecule has 1 heterocycles. The van der Waals surface area contributed by atoms with Gasteiger partial charge in [-0.2, -0.15) is 0 Å². The highest BCUT2D eigenvalue weighted by Crippen LogP contribution is 2.35. The molecule has 2 rings (SSSR count). The maximum atomic E-state index is 11.8. The molecule has 1 amide bonds. The van der Waals surface area contributed by atoms with Crippen molar-refractivity contribution in [1.82, 2.24) is 0 Å². The smallest absolute Gasteiger partial charge is 0.323 e. The van der Waals surface area contributed by atoms with E-state index >= 15 is 0 Å². The van der Waals surface area contributed by atoms with Gasteiger partial charge in [-0.15, -0.1) is 22.9 Å². The van der Waals surface area contributed by atoms with E-state index in [0.29, 0.717) is 11.4 Å². The number of amides is 1. The topological polar surface area (TPSA) is 66.8 Å². The van der Waals surface area contributed by atoms with Gasteiger partial charge in [-0.05, 0) is 18.2 Å². The molecule has 0 aliphatic heterocycles. The summed E-state index contributed by atoms with van der Waals surface area (Å²) in [5, 5.41) is 11.5. The number of nitrogens with zero attached hydrogens (tertiary/aromatic N) is 1. The van der Waals surface area contributed by atoms with Gasteiger partial charge in [-0.3, -0.25) is 14.5 Å². The molecule has 0 atom stereocenters. The lowest BCUT2D eigenvalue weighted by Crippen LogP contribution is -2.36. The fourth-order valence-electron chi connectivity index (χ4n) is 1.85. The number of thiophene rings is 1. The van der Waals surface area contributed by atoms with Crippen LogP contribution in [-0.4, -0.2) is 36.5 Å². The van der Waals surface area contributed by atoms with Crippen molar-refractivity contribution in [3.63, 3.8) is 0 Å². The van der Waals surface area contributed by atoms with Crippen molar-refractivity contribution >= 4 is 50.6 Å². The molecule has 0 spiro atoms. The summed E-state index contributed by atoms with van der Waals surface area (Å²) in [5.41, 5.74) is 0.539. The predicted octanol–water partition coefficient (Wildman–Crippen LogP) is 2.57. The lowest BCUT2D eigenvalue weighted by atomic mass is 10.2. The number of carbonyl (C=O) groups is 2. The average molecular weight is 314 g/mol. The number of benzene rings is 1. The van der Waals surface area contributed by atoms with Crippen molar-refractivity contribution in [2.45, 2.75) is 0 Å². The number of fused-ring (bicyclic) bond motifs is 1. The first-order valence-electron chi connectivity index (χ1n) is 5.70. The van der Waals surface area contributed by atoms with Crippen LogP contribution in [0.2, 0.25) is 0 Å². The number of carboxylic acids is 1. The third-order valence-electron chi connectivity index (χ3n) is 2.76. The summed E-state index contributed by atoms with van der Waals surface area (Å²) in [4.78, 5) is 23.9. The van der Waals surface area contributed by atoms with Gasteiger partial charge in [0.2, 0.25) is 5.91 Å². The molecule has 7 heteroatoms. The van der Waals surface area contributed by atoms with E-state index in [1.807, 2.05) is 12.1 Å². The Morgan fingerprint density at radius 2 is 2.20 bits per heavy atom. The molecule has 0 unspecified atom stereocenters. The van der Waals surface area contributed by atoms with E-state index in [1.165, 1.54) is 16.2 Å². The van der Waals surface area contributed by atoms with E-state index in [1.54, 1.807) is 18.6 Å². The molecule has 20 heavy (non-hydrogen) atoms. The van der Waals surface area contributed by atoms with E-state index in [0.717, 1.165) is 10.1 Å². The zero-order valence-corrected chi connectivity index (χ0v) is 12.2. The second-order valence-corrected chi connectivity index (χ2v) is 5.17. The largest absolute Gasteiger partial charge is 0.497 e. The highest BCUT2D eigenvalue weighted by atomic mass is 35.5. The van der Waals surface area contributed by atoms with Crippen molar-refractivity contribution in [3.05, 3.63) is 23.6 Å². The molecule has 0 bridgehead atoms. The standard InChI is InChI=1S/C13H12ClNO4S/c1-19-8-2-3-11-9(4-8)10(7-20-11)15(6-13(17)18)12(16)5-14/h2-4,7H,5-6H2,1H3,(H,17,18). The van der Waals surface area contributed by atoms with Gasteiger partial charge < -0.3 is 9.84 Å². The highest BCUT2D eigenvalue weighted by Gasteiger charge is 2.21. The number of ether oxygens (including phenoxy) is 1. The van der Waals surface area contributed by atoms with Crippen LogP contribution in [0.1, 0.15) is 0 Å². The lowest BCUT2D eigenvalue weighted by Gasteiger charge is -2.19. The van der Waals surface area contributed by atoms with E-state index in [4.69, 9.17) is 21.4 Å². The third-order valence-corrected chi connectivity index (χ3v) is 3.94. The Kier molecular flexibility index (Phi) is 4.46. The first-order chi connectivity index (χ1) is 9.56. The van der Waals surface area contributed by atoms with E-state index < -0.39 is 18.4 Å². The molecule has 106 valence electrons. The quantitative estimate of drug-likeness (QED) is 0.862. The van der Waals surface area contributed by atoms with E-state index in [9.17, 15) is 9.59 Å². The third kappa shape index (κ3) is 2.86. The zero-order valence-electron chi connectivity index (χ0n) is 10.6. The molecule has 1 N–H and O–H groups in total. The van der Waals surface area contributed by atoms with Crippen LogP contribution in [0, 0.1) is 0 Å². The van der Waals surface area contributed by atoms with Gasteiger partial charge in [0, 0.05) is 15.5 Å². The number of hydrogen-bond donors (Lipinski definition) is 1. The second kappa shape index (κ2) is 6.11. The number of halogens is 1. The van der Waals surface area contributed by atoms with Crippen molar-refractivity contribution in [2.75, 3.05) is 24.4 Å². The van der Waals surface area contributed by atoms with Crippen LogP contribution in [-0.2, 0) is 9.59 Å². The van der Waals surface area contributed by atoms with Crippen LogP contribution in [0.3, 0.4) is 0 Å². The van der Waals surface area contributed by atoms with Crippen LogP contribution < -0.4 is 9.64 Å². The Morgan fingerprint density at radius 3 is 2.80 bits per heavy atom. The van der Waals surface area contributed by atoms with Gasteiger partial charge in [0.1, 0.15) is 18.2 Å². The molecule has 1 aromatic heterocycles. The number of hydrogen-bond acceptors (Lipinski definition) is 4. The monoisotopic (exact) mass is 313 g/mol. The van der Waals surface area contributed by atoms with Gasteiger partial charge in [0.05, 0.1) is 12.8 Å². The zero-order chi connectivity index (χ0) is 14.7. The summed E-state index contributed by atoms with van der Waals surface area (Å²) in [7, 11) is 1.55. The summed E-state index contributed by atoms with van der Waals surface area (Å²) in [5.74, 6) is -1.16. The van der Waals surface area contributed by atoms with E-state index in [-0.39, 0.29) is 5.88 Å². The number of alkyl halides is 1. The van der Waals surface area contributed by atoms with Crippen molar-refractivity contribution in [1.29, 1.82) is 0 Å². The molecular weight excluding hydrogens is 302 g/mol. The summed E-state index contributed by atoms with van der Waals surface area (Å²) >= 11 is 6.98. The molecule has 0 radical (unpaired) electrons. The molecule has 2 aromatic rings. The number of rotatable bonds is 5. The van der Waals surface area contributed by atoms with Crippen LogP contribution >= 0.6 is 22.9 Å². The summed E-state index contributed by atoms with van der Waals surface area (Å²) in [6.07, 6.45) is 0. The minimum Gasteiger partial charge on any atom is -0.497 e. The van der Waals surface area contributed by atoms with Crippen LogP contribution in [0.15, 0.2) is 23.6 Å². The van der Waals surface area contributed by atoms with Gasteiger partial charge in [-0.25, -0.2) is 0 Å². The predicted molar refractivity (Wildman–Crippen MR) is 79.1 cm³/mol. The van der Waals surface area contributed by atoms with Gasteiger partial charge in [-0.1, -0.05) is 0 Å². The lowest BCUT2D eigenvalue weighted by molar-refractivity contribution is -0.136. The molecule has 0 saturated heterocycles. The number of carbonyl (C=O) groups excluding carboxylic acids is 1. The normalized spacial score (nSPS) is 10.5. The van der Waals surface area contributed by atoms with Gasteiger partial charge >= 0.3 is 5.97 Å². The summed E-state index contributed by atoms with van der Waals surface area (Å²) in [6.45, 7) is -0.422. The van der Waals surface area contributed by atoms with Crippen molar-refractivity contribution < 1.29 is 19.4 Å². The Balaban J connectivity index is 2.52. The molecule has 1 aromatic carbocycles.